The van der Waals surface area contributed by atoms with Gasteiger partial charge < -0.3 is 18.6 Å². The molecule has 0 fully saturated rings. The summed E-state index contributed by atoms with van der Waals surface area (Å²) in [6.07, 6.45) is 0. The number of benzene rings is 3. The fourth-order valence-corrected chi connectivity index (χ4v) is 4.48. The molecule has 4 aromatic rings. The molecule has 0 atom stereocenters. The number of aromatic nitrogens is 2. The lowest BCUT2D eigenvalue weighted by Crippen LogP contribution is -2.15. The Morgan fingerprint density at radius 3 is 2.50 bits per heavy atom. The van der Waals surface area contributed by atoms with Crippen molar-refractivity contribution in [2.45, 2.75) is 4.90 Å². The number of sulfonamides is 1. The van der Waals surface area contributed by atoms with Crippen molar-refractivity contribution < 1.29 is 31.8 Å². The molecule has 0 saturated heterocycles. The largest absolute Gasteiger partial charge is 0.497 e. The highest BCUT2D eigenvalue weighted by atomic mass is 32.2. The average Bonchev–Trinajstić information content (AvgIpc) is 3.37. The third-order valence-electron chi connectivity index (χ3n) is 5.18. The molecule has 184 valence electrons. The first-order valence-corrected chi connectivity index (χ1v) is 12.2. The van der Waals surface area contributed by atoms with Gasteiger partial charge in [-0.3, -0.25) is 14.8 Å². The van der Waals surface area contributed by atoms with Crippen molar-refractivity contribution in [3.8, 4) is 28.7 Å². The van der Waals surface area contributed by atoms with Crippen molar-refractivity contribution >= 4 is 27.6 Å². The van der Waals surface area contributed by atoms with Crippen molar-refractivity contribution in [3.63, 3.8) is 0 Å². The number of methoxy groups -OCH3 is 1. The predicted molar refractivity (Wildman–Crippen MR) is 129 cm³/mol. The molecule has 1 aliphatic rings. The quantitative estimate of drug-likeness (QED) is 0.383. The van der Waals surface area contributed by atoms with E-state index in [1.54, 1.807) is 36.4 Å². The number of amides is 1. The average molecular weight is 509 g/mol. The van der Waals surface area contributed by atoms with Gasteiger partial charge in [0.25, 0.3) is 15.9 Å². The number of anilines is 2. The van der Waals surface area contributed by atoms with Crippen molar-refractivity contribution in [3.05, 3.63) is 72.3 Å². The molecule has 36 heavy (non-hydrogen) atoms. The van der Waals surface area contributed by atoms with Crippen molar-refractivity contribution in [2.75, 3.05) is 30.4 Å². The van der Waals surface area contributed by atoms with E-state index in [1.165, 1.54) is 37.4 Å². The molecule has 12 heteroatoms. The van der Waals surface area contributed by atoms with Crippen LogP contribution in [-0.2, 0) is 10.0 Å². The summed E-state index contributed by atoms with van der Waals surface area (Å²) in [5, 5.41) is 10.3. The van der Waals surface area contributed by atoms with Gasteiger partial charge in [0.15, 0.2) is 11.5 Å². The molecule has 0 unspecified atom stereocenters. The van der Waals surface area contributed by atoms with E-state index < -0.39 is 15.9 Å². The van der Waals surface area contributed by atoms with Crippen LogP contribution in [0.5, 0.6) is 17.2 Å². The van der Waals surface area contributed by atoms with Crippen LogP contribution in [0.2, 0.25) is 0 Å². The zero-order valence-electron chi connectivity index (χ0n) is 18.9. The maximum absolute atomic E-state index is 12.7. The fourth-order valence-electron chi connectivity index (χ4n) is 3.43. The first-order chi connectivity index (χ1) is 17.4. The van der Waals surface area contributed by atoms with Gasteiger partial charge in [0.05, 0.1) is 12.0 Å². The van der Waals surface area contributed by atoms with Gasteiger partial charge in [0.1, 0.15) is 19.0 Å². The molecule has 2 heterocycles. The molecule has 11 nitrogen and oxygen atoms in total. The summed E-state index contributed by atoms with van der Waals surface area (Å²) < 4.78 is 49.5. The Labute approximate surface area is 206 Å². The molecule has 3 aromatic carbocycles. The second-order valence-electron chi connectivity index (χ2n) is 7.59. The van der Waals surface area contributed by atoms with Gasteiger partial charge in [0.2, 0.25) is 5.89 Å². The summed E-state index contributed by atoms with van der Waals surface area (Å²) >= 11 is 0. The lowest BCUT2D eigenvalue weighted by atomic mass is 10.2. The number of ether oxygens (including phenoxy) is 3. The predicted octanol–water partition coefficient (Wildman–Crippen LogP) is 3.57. The monoisotopic (exact) mass is 508 g/mol. The van der Waals surface area contributed by atoms with Crippen molar-refractivity contribution in [1.82, 2.24) is 10.2 Å². The van der Waals surface area contributed by atoms with Crippen LogP contribution in [0.3, 0.4) is 0 Å². The standard InChI is InChI=1S/C24H20N4O7S/c1-32-18-6-8-19(9-7-18)36(30,31)28-17-4-2-3-15(13-17)22(29)25-24-27-26-23(35-24)16-5-10-20-21(14-16)34-12-11-33-20/h2-10,13-14,28H,11-12H2,1H3,(H,25,27,29). The van der Waals surface area contributed by atoms with Gasteiger partial charge >= 0.3 is 6.01 Å². The highest BCUT2D eigenvalue weighted by molar-refractivity contribution is 7.92. The normalized spacial score (nSPS) is 12.6. The Hall–Kier alpha value is -4.58. The molecule has 0 saturated carbocycles. The van der Waals surface area contributed by atoms with Gasteiger partial charge in [-0.2, -0.15) is 0 Å². The second kappa shape index (κ2) is 9.58. The fraction of sp³-hybridized carbons (Fsp3) is 0.125. The van der Waals surface area contributed by atoms with E-state index in [9.17, 15) is 13.2 Å². The summed E-state index contributed by atoms with van der Waals surface area (Å²) in [7, 11) is -2.38. The Balaban J connectivity index is 1.28. The highest BCUT2D eigenvalue weighted by Crippen LogP contribution is 2.34. The topological polar surface area (TPSA) is 142 Å². The van der Waals surface area contributed by atoms with Gasteiger partial charge in [-0.05, 0) is 60.7 Å². The molecule has 0 bridgehead atoms. The van der Waals surface area contributed by atoms with Crippen LogP contribution in [0.1, 0.15) is 10.4 Å². The van der Waals surface area contributed by atoms with E-state index in [0.29, 0.717) is 36.0 Å². The maximum atomic E-state index is 12.7. The Bertz CT molecular complexity index is 1520. The smallest absolute Gasteiger partial charge is 0.322 e. The molecular weight excluding hydrogens is 488 g/mol. The molecule has 1 aromatic heterocycles. The molecule has 0 radical (unpaired) electrons. The first kappa shape index (κ1) is 23.2. The third-order valence-corrected chi connectivity index (χ3v) is 6.58. The lowest BCUT2D eigenvalue weighted by Gasteiger charge is -2.18. The molecule has 0 spiro atoms. The van der Waals surface area contributed by atoms with Crippen molar-refractivity contribution in [1.29, 1.82) is 0 Å². The summed E-state index contributed by atoms with van der Waals surface area (Å²) in [6, 6.07) is 17.0. The molecule has 1 aliphatic heterocycles. The van der Waals surface area contributed by atoms with Gasteiger partial charge in [-0.25, -0.2) is 8.42 Å². The van der Waals surface area contributed by atoms with Crippen LogP contribution in [0, 0.1) is 0 Å². The van der Waals surface area contributed by atoms with Crippen LogP contribution in [0.25, 0.3) is 11.5 Å². The number of carbonyl (C=O) groups is 1. The Morgan fingerprint density at radius 2 is 1.72 bits per heavy atom. The summed E-state index contributed by atoms with van der Waals surface area (Å²) in [4.78, 5) is 12.8. The third kappa shape index (κ3) is 4.93. The number of carbonyl (C=O) groups excluding carboxylic acids is 1. The minimum Gasteiger partial charge on any atom is -0.497 e. The summed E-state index contributed by atoms with van der Waals surface area (Å²) in [5.41, 5.74) is 0.993. The highest BCUT2D eigenvalue weighted by Gasteiger charge is 2.18. The number of fused-ring (bicyclic) bond motifs is 1. The molecule has 0 aliphatic carbocycles. The van der Waals surface area contributed by atoms with Crippen molar-refractivity contribution in [2.24, 2.45) is 0 Å². The Kier molecular flexibility index (Phi) is 6.17. The zero-order valence-corrected chi connectivity index (χ0v) is 19.7. The Morgan fingerprint density at radius 1 is 0.944 bits per heavy atom. The number of hydrogen-bond donors (Lipinski definition) is 2. The summed E-state index contributed by atoms with van der Waals surface area (Å²) in [5.74, 6) is 1.35. The zero-order chi connectivity index (χ0) is 25.1. The molecule has 5 rings (SSSR count). The first-order valence-electron chi connectivity index (χ1n) is 10.7. The van der Waals surface area contributed by atoms with E-state index in [-0.39, 0.29) is 28.1 Å². The van der Waals surface area contributed by atoms with Gasteiger partial charge in [-0.1, -0.05) is 11.2 Å². The lowest BCUT2D eigenvalue weighted by molar-refractivity contribution is 0.102. The molecule has 2 N–H and O–H groups in total. The number of nitrogens with zero attached hydrogens (tertiary/aromatic N) is 2. The molecule has 1 amide bonds. The van der Waals surface area contributed by atoms with E-state index in [4.69, 9.17) is 18.6 Å². The SMILES string of the molecule is COc1ccc(S(=O)(=O)Nc2cccc(C(=O)Nc3nnc(-c4ccc5c(c4)OCCO5)o3)c2)cc1. The summed E-state index contributed by atoms with van der Waals surface area (Å²) in [6.45, 7) is 0.921. The van der Waals surface area contributed by atoms with Crippen LogP contribution < -0.4 is 24.2 Å². The maximum Gasteiger partial charge on any atom is 0.322 e. The minimum atomic E-state index is -3.87. The molecular formula is C24H20N4O7S. The van der Waals surface area contributed by atoms with E-state index in [1.807, 2.05) is 0 Å². The van der Waals surface area contributed by atoms with Crippen LogP contribution in [0.4, 0.5) is 11.7 Å². The van der Waals surface area contributed by atoms with Crippen LogP contribution >= 0.6 is 0 Å². The van der Waals surface area contributed by atoms with Gasteiger partial charge in [-0.15, -0.1) is 5.10 Å². The van der Waals surface area contributed by atoms with E-state index in [2.05, 4.69) is 20.2 Å². The number of hydrogen-bond acceptors (Lipinski definition) is 9. The van der Waals surface area contributed by atoms with E-state index >= 15 is 0 Å². The van der Waals surface area contributed by atoms with E-state index in [0.717, 1.165) is 0 Å². The number of rotatable bonds is 7. The second-order valence-corrected chi connectivity index (χ2v) is 9.27. The number of nitrogens with one attached hydrogen (secondary N) is 2. The van der Waals surface area contributed by atoms with Crippen LogP contribution in [-0.4, -0.2) is 44.8 Å². The van der Waals surface area contributed by atoms with Gasteiger partial charge in [0, 0.05) is 16.8 Å². The van der Waals surface area contributed by atoms with Crippen LogP contribution in [0.15, 0.2) is 76.0 Å². The minimum absolute atomic E-state index is 0.0516.